The standard InChI is InChI=1S/C13H23N5O8/c1-5(16-11(23)6(14)3-19)10(22)18-8(4-20)12(24)17-7(13(25)26)2-9(15)21/h5-8,19-20H,2-4,14H2,1H3,(H2,15,21)(H,16,23)(H,17,24)(H,18,22)(H,25,26). The molecule has 0 saturated heterocycles. The van der Waals surface area contributed by atoms with E-state index in [1.54, 1.807) is 0 Å². The van der Waals surface area contributed by atoms with Gasteiger partial charge in [0.1, 0.15) is 24.2 Å². The van der Waals surface area contributed by atoms with Gasteiger partial charge in [-0.1, -0.05) is 0 Å². The summed E-state index contributed by atoms with van der Waals surface area (Å²) in [5.74, 6) is -5.26. The zero-order valence-corrected chi connectivity index (χ0v) is 14.0. The van der Waals surface area contributed by atoms with Gasteiger partial charge < -0.3 is 42.7 Å². The molecule has 10 N–H and O–H groups in total. The van der Waals surface area contributed by atoms with E-state index in [9.17, 15) is 29.1 Å². The minimum Gasteiger partial charge on any atom is -0.480 e. The Morgan fingerprint density at radius 2 is 1.42 bits per heavy atom. The lowest BCUT2D eigenvalue weighted by Gasteiger charge is -2.22. The Bertz CT molecular complexity index is 555. The molecule has 0 aliphatic carbocycles. The highest BCUT2D eigenvalue weighted by Crippen LogP contribution is 1.95. The van der Waals surface area contributed by atoms with Crippen molar-refractivity contribution in [3.05, 3.63) is 0 Å². The second-order valence-corrected chi connectivity index (χ2v) is 5.33. The third kappa shape index (κ3) is 7.87. The number of primary amides is 1. The molecule has 0 aliphatic heterocycles. The third-order valence-corrected chi connectivity index (χ3v) is 3.12. The van der Waals surface area contributed by atoms with Gasteiger partial charge in [0.25, 0.3) is 0 Å². The van der Waals surface area contributed by atoms with Crippen molar-refractivity contribution in [3.8, 4) is 0 Å². The van der Waals surface area contributed by atoms with Crippen LogP contribution in [0.1, 0.15) is 13.3 Å². The smallest absolute Gasteiger partial charge is 0.326 e. The van der Waals surface area contributed by atoms with Crippen molar-refractivity contribution in [3.63, 3.8) is 0 Å². The molecule has 0 fully saturated rings. The first-order valence-electron chi connectivity index (χ1n) is 7.43. The van der Waals surface area contributed by atoms with Crippen LogP contribution in [0.5, 0.6) is 0 Å². The largest absolute Gasteiger partial charge is 0.480 e. The normalized spacial score (nSPS) is 15.1. The monoisotopic (exact) mass is 377 g/mol. The fourth-order valence-electron chi connectivity index (χ4n) is 1.63. The maximum Gasteiger partial charge on any atom is 0.326 e. The van der Waals surface area contributed by atoms with E-state index in [1.165, 1.54) is 6.92 Å². The van der Waals surface area contributed by atoms with Crippen LogP contribution < -0.4 is 27.4 Å². The number of carbonyl (C=O) groups excluding carboxylic acids is 4. The molecule has 0 radical (unpaired) electrons. The lowest BCUT2D eigenvalue weighted by molar-refractivity contribution is -0.144. The molecule has 26 heavy (non-hydrogen) atoms. The van der Waals surface area contributed by atoms with E-state index in [0.717, 1.165) is 0 Å². The van der Waals surface area contributed by atoms with Gasteiger partial charge in [-0.3, -0.25) is 19.2 Å². The summed E-state index contributed by atoms with van der Waals surface area (Å²) in [6.45, 7) is -0.258. The van der Waals surface area contributed by atoms with Crippen LogP contribution in [0.25, 0.3) is 0 Å². The van der Waals surface area contributed by atoms with Crippen molar-refractivity contribution in [2.24, 2.45) is 11.5 Å². The zero-order chi connectivity index (χ0) is 20.4. The van der Waals surface area contributed by atoms with Crippen molar-refractivity contribution >= 4 is 29.6 Å². The molecule has 0 aromatic heterocycles. The van der Waals surface area contributed by atoms with Crippen LogP contribution in [-0.4, -0.2) is 82.3 Å². The molecule has 4 amide bonds. The summed E-state index contributed by atoms with van der Waals surface area (Å²) in [6, 6.07) is -5.58. The molecule has 0 saturated carbocycles. The minimum absolute atomic E-state index is 0.641. The first kappa shape index (κ1) is 23.2. The predicted octanol–water partition coefficient (Wildman–Crippen LogP) is -5.27. The van der Waals surface area contributed by atoms with Crippen LogP contribution in [0.2, 0.25) is 0 Å². The molecule has 148 valence electrons. The number of hydrogen-bond donors (Lipinski definition) is 8. The van der Waals surface area contributed by atoms with Gasteiger partial charge >= 0.3 is 5.97 Å². The number of amides is 4. The zero-order valence-electron chi connectivity index (χ0n) is 14.0. The molecule has 0 spiro atoms. The summed E-state index contributed by atoms with van der Waals surface area (Å²) in [7, 11) is 0. The molecular weight excluding hydrogens is 354 g/mol. The Kier molecular flexibility index (Phi) is 9.80. The van der Waals surface area contributed by atoms with Crippen LogP contribution in [0.3, 0.4) is 0 Å². The van der Waals surface area contributed by atoms with E-state index in [2.05, 4.69) is 10.6 Å². The van der Waals surface area contributed by atoms with E-state index >= 15 is 0 Å². The highest BCUT2D eigenvalue weighted by atomic mass is 16.4. The molecular formula is C13H23N5O8. The molecule has 13 nitrogen and oxygen atoms in total. The molecule has 13 heteroatoms. The molecule has 0 rings (SSSR count). The summed E-state index contributed by atoms with van der Waals surface area (Å²) in [5, 5.41) is 33.1. The van der Waals surface area contributed by atoms with Crippen molar-refractivity contribution in [2.45, 2.75) is 37.5 Å². The van der Waals surface area contributed by atoms with E-state index in [1.807, 2.05) is 5.32 Å². The van der Waals surface area contributed by atoms with Gasteiger partial charge in [0.05, 0.1) is 19.6 Å². The number of carboxylic acids is 1. The quantitative estimate of drug-likeness (QED) is 0.171. The number of aliphatic carboxylic acids is 1. The lowest BCUT2D eigenvalue weighted by Crippen LogP contribution is -2.57. The van der Waals surface area contributed by atoms with Gasteiger partial charge in [-0.25, -0.2) is 4.79 Å². The first-order valence-corrected chi connectivity index (χ1v) is 7.43. The Morgan fingerprint density at radius 1 is 0.885 bits per heavy atom. The average molecular weight is 377 g/mol. The second-order valence-electron chi connectivity index (χ2n) is 5.33. The number of hydrogen-bond acceptors (Lipinski definition) is 8. The summed E-state index contributed by atoms with van der Waals surface area (Å²) in [6.07, 6.45) is -0.682. The molecule has 0 bridgehead atoms. The SMILES string of the molecule is CC(NC(=O)C(N)CO)C(=O)NC(CO)C(=O)NC(CC(N)=O)C(=O)O. The predicted molar refractivity (Wildman–Crippen MR) is 85.1 cm³/mol. The first-order chi connectivity index (χ1) is 12.0. The summed E-state index contributed by atoms with van der Waals surface area (Å²) >= 11 is 0. The van der Waals surface area contributed by atoms with Crippen LogP contribution in [0.4, 0.5) is 0 Å². The Hall–Kier alpha value is -2.77. The third-order valence-electron chi connectivity index (χ3n) is 3.12. The van der Waals surface area contributed by atoms with Crippen LogP contribution in [0.15, 0.2) is 0 Å². The molecule has 0 aromatic carbocycles. The van der Waals surface area contributed by atoms with Crippen LogP contribution in [0, 0.1) is 0 Å². The molecule has 4 atom stereocenters. The van der Waals surface area contributed by atoms with E-state index in [-0.39, 0.29) is 0 Å². The summed E-state index contributed by atoms with van der Waals surface area (Å²) in [5.41, 5.74) is 10.1. The molecule has 0 heterocycles. The number of aliphatic hydroxyl groups is 2. The number of carbonyl (C=O) groups is 5. The topological polar surface area (TPSA) is 234 Å². The van der Waals surface area contributed by atoms with Gasteiger partial charge in [0.15, 0.2) is 0 Å². The number of carboxylic acid groups (broad SMARTS) is 1. The second kappa shape index (κ2) is 11.0. The average Bonchev–Trinajstić information content (AvgIpc) is 2.56. The fourth-order valence-corrected chi connectivity index (χ4v) is 1.63. The highest BCUT2D eigenvalue weighted by Gasteiger charge is 2.29. The highest BCUT2D eigenvalue weighted by molar-refractivity contribution is 5.94. The number of nitrogens with one attached hydrogen (secondary N) is 3. The number of rotatable bonds is 11. The van der Waals surface area contributed by atoms with Crippen molar-refractivity contribution in [1.29, 1.82) is 0 Å². The van der Waals surface area contributed by atoms with E-state index in [0.29, 0.717) is 0 Å². The summed E-state index contributed by atoms with van der Waals surface area (Å²) < 4.78 is 0. The van der Waals surface area contributed by atoms with E-state index in [4.69, 9.17) is 21.7 Å². The van der Waals surface area contributed by atoms with Crippen LogP contribution >= 0.6 is 0 Å². The Balaban J connectivity index is 4.83. The lowest BCUT2D eigenvalue weighted by atomic mass is 10.1. The number of nitrogens with two attached hydrogens (primary N) is 2. The summed E-state index contributed by atoms with van der Waals surface area (Å²) in [4.78, 5) is 57.2. The maximum atomic E-state index is 12.0. The van der Waals surface area contributed by atoms with Gasteiger partial charge in [-0.05, 0) is 6.92 Å². The van der Waals surface area contributed by atoms with Crippen molar-refractivity contribution in [2.75, 3.05) is 13.2 Å². The Labute approximate surface area is 148 Å². The number of aliphatic hydroxyl groups excluding tert-OH is 2. The molecule has 4 unspecified atom stereocenters. The van der Waals surface area contributed by atoms with Gasteiger partial charge in [0.2, 0.25) is 23.6 Å². The Morgan fingerprint density at radius 3 is 1.85 bits per heavy atom. The van der Waals surface area contributed by atoms with Crippen LogP contribution in [-0.2, 0) is 24.0 Å². The van der Waals surface area contributed by atoms with Crippen molar-refractivity contribution in [1.82, 2.24) is 16.0 Å². The van der Waals surface area contributed by atoms with Crippen molar-refractivity contribution < 1.29 is 39.3 Å². The maximum absolute atomic E-state index is 12.0. The van der Waals surface area contributed by atoms with Gasteiger partial charge in [0, 0.05) is 0 Å². The fraction of sp³-hybridized carbons (Fsp3) is 0.615. The minimum atomic E-state index is -1.63. The molecule has 0 aromatic rings. The van der Waals surface area contributed by atoms with Gasteiger partial charge in [-0.15, -0.1) is 0 Å². The van der Waals surface area contributed by atoms with Gasteiger partial charge in [-0.2, -0.15) is 0 Å². The van der Waals surface area contributed by atoms with E-state index < -0.39 is 73.4 Å². The molecule has 0 aliphatic rings.